The molecule has 7 heteroatoms. The summed E-state index contributed by atoms with van der Waals surface area (Å²) >= 11 is 7.85. The van der Waals surface area contributed by atoms with Crippen LogP contribution in [0.4, 0.5) is 5.95 Å². The second-order valence-corrected chi connectivity index (χ2v) is 6.40. The predicted octanol–water partition coefficient (Wildman–Crippen LogP) is 3.40. The van der Waals surface area contributed by atoms with Gasteiger partial charge in [0.15, 0.2) is 0 Å². The third-order valence-corrected chi connectivity index (χ3v) is 4.58. The summed E-state index contributed by atoms with van der Waals surface area (Å²) in [7, 11) is 0. The molecule has 1 heterocycles. The molecule has 0 amide bonds. The lowest BCUT2D eigenvalue weighted by Gasteiger charge is -2.28. The summed E-state index contributed by atoms with van der Waals surface area (Å²) in [5.41, 5.74) is 0. The second-order valence-electron chi connectivity index (χ2n) is 4.92. The Hall–Kier alpha value is -0.750. The van der Waals surface area contributed by atoms with E-state index in [1.54, 1.807) is 0 Å². The van der Waals surface area contributed by atoms with Crippen molar-refractivity contribution in [2.24, 2.45) is 0 Å². The first-order valence-electron chi connectivity index (χ1n) is 7.05. The number of ether oxygens (including phenoxy) is 1. The standard InChI is InChI=1S/C13H21ClN4OS/c1-3-7-19-13-17-11(14)16-12(18-13)15-9-5-4-6-10(8-9)20-2/h9-10H,3-8H2,1-2H3,(H,15,16,17,18). The van der Waals surface area contributed by atoms with Crippen molar-refractivity contribution in [2.75, 3.05) is 18.2 Å². The van der Waals surface area contributed by atoms with Crippen LogP contribution in [0.25, 0.3) is 0 Å². The maximum Gasteiger partial charge on any atom is 0.322 e. The van der Waals surface area contributed by atoms with E-state index in [1.165, 1.54) is 12.8 Å². The molecule has 2 atom stereocenters. The SMILES string of the molecule is CCCOc1nc(Cl)nc(NC2CCCC(SC)C2)n1. The number of rotatable bonds is 6. The average molecular weight is 317 g/mol. The summed E-state index contributed by atoms with van der Waals surface area (Å²) < 4.78 is 5.42. The lowest BCUT2D eigenvalue weighted by molar-refractivity contribution is 0.291. The first-order chi connectivity index (χ1) is 9.71. The average Bonchev–Trinajstić information content (AvgIpc) is 2.44. The van der Waals surface area contributed by atoms with E-state index in [-0.39, 0.29) is 5.28 Å². The Labute approximate surface area is 129 Å². The monoisotopic (exact) mass is 316 g/mol. The first-order valence-corrected chi connectivity index (χ1v) is 8.71. The molecule has 112 valence electrons. The Morgan fingerprint density at radius 3 is 2.95 bits per heavy atom. The lowest BCUT2D eigenvalue weighted by Crippen LogP contribution is -2.29. The van der Waals surface area contributed by atoms with Gasteiger partial charge in [-0.2, -0.15) is 26.7 Å². The molecule has 5 nitrogen and oxygen atoms in total. The quantitative estimate of drug-likeness (QED) is 0.868. The van der Waals surface area contributed by atoms with Gasteiger partial charge in [-0.15, -0.1) is 0 Å². The summed E-state index contributed by atoms with van der Waals surface area (Å²) in [4.78, 5) is 12.4. The van der Waals surface area contributed by atoms with Crippen LogP contribution in [-0.4, -0.2) is 39.1 Å². The van der Waals surface area contributed by atoms with Crippen LogP contribution in [0.15, 0.2) is 0 Å². The number of halogens is 1. The van der Waals surface area contributed by atoms with Gasteiger partial charge in [0.05, 0.1) is 6.61 Å². The highest BCUT2D eigenvalue weighted by molar-refractivity contribution is 7.99. The first kappa shape index (κ1) is 15.6. The zero-order valence-corrected chi connectivity index (χ0v) is 13.5. The molecule has 20 heavy (non-hydrogen) atoms. The minimum atomic E-state index is 0.172. The highest BCUT2D eigenvalue weighted by Crippen LogP contribution is 2.28. The van der Waals surface area contributed by atoms with Crippen LogP contribution in [0.1, 0.15) is 39.0 Å². The van der Waals surface area contributed by atoms with Gasteiger partial charge in [-0.05, 0) is 43.5 Å². The Morgan fingerprint density at radius 1 is 1.35 bits per heavy atom. The van der Waals surface area contributed by atoms with Crippen LogP contribution < -0.4 is 10.1 Å². The minimum Gasteiger partial charge on any atom is -0.463 e. The molecule has 1 N–H and O–H groups in total. The second kappa shape index (κ2) is 7.88. The third kappa shape index (κ3) is 4.66. The number of hydrogen-bond acceptors (Lipinski definition) is 6. The van der Waals surface area contributed by atoms with Gasteiger partial charge in [0.2, 0.25) is 11.2 Å². The van der Waals surface area contributed by atoms with E-state index < -0.39 is 0 Å². The van der Waals surface area contributed by atoms with E-state index >= 15 is 0 Å². The molecular formula is C13H21ClN4OS. The minimum absolute atomic E-state index is 0.172. The molecule has 1 aliphatic rings. The van der Waals surface area contributed by atoms with Gasteiger partial charge in [0.1, 0.15) is 0 Å². The Balaban J connectivity index is 1.99. The third-order valence-electron chi connectivity index (χ3n) is 3.32. The van der Waals surface area contributed by atoms with Crippen LogP contribution in [0, 0.1) is 0 Å². The molecule has 1 fully saturated rings. The van der Waals surface area contributed by atoms with Crippen molar-refractivity contribution in [2.45, 2.75) is 50.3 Å². The van der Waals surface area contributed by atoms with Crippen molar-refractivity contribution in [1.82, 2.24) is 15.0 Å². The van der Waals surface area contributed by atoms with Gasteiger partial charge in [-0.25, -0.2) is 0 Å². The molecule has 1 aromatic heterocycles. The molecule has 0 radical (unpaired) electrons. The van der Waals surface area contributed by atoms with E-state index in [4.69, 9.17) is 16.3 Å². The van der Waals surface area contributed by atoms with Gasteiger partial charge >= 0.3 is 6.01 Å². The maximum atomic E-state index is 5.92. The fourth-order valence-electron chi connectivity index (χ4n) is 2.33. The van der Waals surface area contributed by atoms with Gasteiger partial charge in [0.25, 0.3) is 0 Å². The molecule has 0 aliphatic heterocycles. The fourth-order valence-corrected chi connectivity index (χ4v) is 3.31. The zero-order valence-electron chi connectivity index (χ0n) is 11.9. The van der Waals surface area contributed by atoms with Crippen LogP contribution in [0.5, 0.6) is 6.01 Å². The maximum absolute atomic E-state index is 5.92. The molecule has 2 rings (SSSR count). The summed E-state index contributed by atoms with van der Waals surface area (Å²) in [6, 6.07) is 0.699. The number of nitrogens with one attached hydrogen (secondary N) is 1. The van der Waals surface area contributed by atoms with E-state index in [1.807, 2.05) is 18.7 Å². The van der Waals surface area contributed by atoms with Gasteiger partial charge in [-0.3, -0.25) is 0 Å². The lowest BCUT2D eigenvalue weighted by atomic mass is 9.95. The molecule has 0 bridgehead atoms. The van der Waals surface area contributed by atoms with Crippen molar-refractivity contribution >= 4 is 29.3 Å². The number of thioether (sulfide) groups is 1. The largest absolute Gasteiger partial charge is 0.463 e. The van der Waals surface area contributed by atoms with Crippen molar-refractivity contribution in [1.29, 1.82) is 0 Å². The molecular weight excluding hydrogens is 296 g/mol. The van der Waals surface area contributed by atoms with E-state index in [0.29, 0.717) is 24.6 Å². The normalized spacial score (nSPS) is 22.6. The fraction of sp³-hybridized carbons (Fsp3) is 0.769. The Bertz CT molecular complexity index is 435. The molecule has 1 aliphatic carbocycles. The number of nitrogens with zero attached hydrogens (tertiary/aromatic N) is 3. The molecule has 1 aromatic rings. The van der Waals surface area contributed by atoms with Gasteiger partial charge in [-0.1, -0.05) is 13.3 Å². The number of aromatic nitrogens is 3. The summed E-state index contributed by atoms with van der Waals surface area (Å²) in [6.45, 7) is 2.62. The summed E-state index contributed by atoms with van der Waals surface area (Å²) in [5.74, 6) is 0.517. The van der Waals surface area contributed by atoms with Crippen LogP contribution >= 0.6 is 23.4 Å². The van der Waals surface area contributed by atoms with Crippen LogP contribution in [0.3, 0.4) is 0 Å². The van der Waals surface area contributed by atoms with Crippen molar-refractivity contribution in [3.05, 3.63) is 5.28 Å². The topological polar surface area (TPSA) is 59.9 Å². The molecule has 0 spiro atoms. The Morgan fingerprint density at radius 2 is 2.20 bits per heavy atom. The summed E-state index contributed by atoms with van der Waals surface area (Å²) in [5, 5.41) is 4.25. The molecule has 0 aromatic carbocycles. The van der Waals surface area contributed by atoms with Crippen LogP contribution in [-0.2, 0) is 0 Å². The van der Waals surface area contributed by atoms with E-state index in [2.05, 4.69) is 26.5 Å². The van der Waals surface area contributed by atoms with Crippen molar-refractivity contribution in [3.8, 4) is 6.01 Å². The smallest absolute Gasteiger partial charge is 0.322 e. The highest BCUT2D eigenvalue weighted by Gasteiger charge is 2.22. The molecule has 0 saturated heterocycles. The summed E-state index contributed by atoms with van der Waals surface area (Å²) in [6.07, 6.45) is 7.89. The van der Waals surface area contributed by atoms with Crippen LogP contribution in [0.2, 0.25) is 5.28 Å². The van der Waals surface area contributed by atoms with Gasteiger partial charge in [0, 0.05) is 11.3 Å². The predicted molar refractivity (Wildman–Crippen MR) is 83.8 cm³/mol. The van der Waals surface area contributed by atoms with Crippen molar-refractivity contribution < 1.29 is 4.74 Å². The number of hydrogen-bond donors (Lipinski definition) is 1. The number of anilines is 1. The van der Waals surface area contributed by atoms with Gasteiger partial charge < -0.3 is 10.1 Å². The highest BCUT2D eigenvalue weighted by atomic mass is 35.5. The van der Waals surface area contributed by atoms with E-state index in [9.17, 15) is 0 Å². The zero-order chi connectivity index (χ0) is 14.4. The Kier molecular flexibility index (Phi) is 6.16. The molecule has 2 unspecified atom stereocenters. The molecule has 1 saturated carbocycles. The van der Waals surface area contributed by atoms with E-state index in [0.717, 1.165) is 24.5 Å². The van der Waals surface area contributed by atoms with Crippen molar-refractivity contribution in [3.63, 3.8) is 0 Å².